The zero-order valence-corrected chi connectivity index (χ0v) is 19.4. The molecule has 2 aromatic carbocycles. The maximum Gasteiger partial charge on any atom is 0.335 e. The minimum atomic E-state index is -1.07. The lowest BCUT2D eigenvalue weighted by Crippen LogP contribution is -2.49. The maximum absolute atomic E-state index is 12.8. The quantitative estimate of drug-likeness (QED) is 0.484. The molecule has 1 aliphatic heterocycles. The van der Waals surface area contributed by atoms with Gasteiger partial charge < -0.3 is 20.6 Å². The molecular weight excluding hydrogens is 444 g/mol. The van der Waals surface area contributed by atoms with Gasteiger partial charge in [-0.2, -0.15) is 0 Å². The molecule has 0 atom stereocenters. The number of aromatic carboxylic acids is 1. The van der Waals surface area contributed by atoms with E-state index in [2.05, 4.69) is 27.4 Å². The fourth-order valence-electron chi connectivity index (χ4n) is 3.68. The number of carbonyl (C=O) groups excluding carboxylic acids is 2. The predicted molar refractivity (Wildman–Crippen MR) is 129 cm³/mol. The minimum Gasteiger partial charge on any atom is -0.478 e. The summed E-state index contributed by atoms with van der Waals surface area (Å²) in [7, 11) is 0. The Morgan fingerprint density at radius 2 is 1.79 bits per heavy atom. The zero-order chi connectivity index (χ0) is 23.8. The van der Waals surface area contributed by atoms with E-state index in [-0.39, 0.29) is 17.4 Å². The van der Waals surface area contributed by atoms with Gasteiger partial charge >= 0.3 is 5.97 Å². The number of carboxylic acid groups (broad SMARTS) is 1. The Kier molecular flexibility index (Phi) is 8.68. The van der Waals surface area contributed by atoms with Gasteiger partial charge in [0.1, 0.15) is 0 Å². The zero-order valence-electron chi connectivity index (χ0n) is 18.6. The van der Waals surface area contributed by atoms with Crippen molar-refractivity contribution in [1.82, 2.24) is 10.2 Å². The first-order valence-electron chi connectivity index (χ1n) is 11.1. The average molecular weight is 473 g/mol. The second-order valence-electron chi connectivity index (χ2n) is 7.97. The van der Waals surface area contributed by atoms with E-state index < -0.39 is 5.97 Å². The number of carboxylic acids is 1. The van der Waals surface area contributed by atoms with Crippen LogP contribution in [-0.4, -0.2) is 67.1 Å². The number of amides is 2. The summed E-state index contributed by atoms with van der Waals surface area (Å²) in [5.74, 6) is -1.42. The number of halogens is 1. The van der Waals surface area contributed by atoms with Gasteiger partial charge in [-0.3, -0.25) is 14.5 Å². The van der Waals surface area contributed by atoms with Gasteiger partial charge in [0.2, 0.25) is 5.91 Å². The normalized spacial score (nSPS) is 14.1. The molecule has 2 amide bonds. The van der Waals surface area contributed by atoms with Crippen molar-refractivity contribution in [2.24, 2.45) is 0 Å². The van der Waals surface area contributed by atoms with Gasteiger partial charge in [-0.05, 0) is 42.8 Å². The van der Waals surface area contributed by atoms with Crippen LogP contribution in [0.1, 0.15) is 40.5 Å². The molecule has 3 rings (SSSR count). The molecule has 0 aliphatic carbocycles. The Morgan fingerprint density at radius 1 is 1.03 bits per heavy atom. The highest BCUT2D eigenvalue weighted by atomic mass is 35.5. The number of carbonyl (C=O) groups is 3. The summed E-state index contributed by atoms with van der Waals surface area (Å²) in [6.45, 7) is 5.80. The topological polar surface area (TPSA) is 102 Å². The lowest BCUT2D eigenvalue weighted by atomic mass is 10.1. The highest BCUT2D eigenvalue weighted by Gasteiger charge is 2.22. The smallest absolute Gasteiger partial charge is 0.335 e. The van der Waals surface area contributed by atoms with Gasteiger partial charge in [-0.15, -0.1) is 0 Å². The summed E-state index contributed by atoms with van der Waals surface area (Å²) in [4.78, 5) is 40.5. The van der Waals surface area contributed by atoms with Crippen LogP contribution >= 0.6 is 11.6 Å². The van der Waals surface area contributed by atoms with Gasteiger partial charge in [-0.1, -0.05) is 31.0 Å². The number of nitrogens with zero attached hydrogens (tertiary/aromatic N) is 2. The molecule has 9 heteroatoms. The number of piperazine rings is 1. The van der Waals surface area contributed by atoms with Crippen LogP contribution in [0.15, 0.2) is 42.5 Å². The number of rotatable bonds is 9. The molecule has 1 saturated heterocycles. The van der Waals surface area contributed by atoms with E-state index in [1.165, 1.54) is 12.1 Å². The van der Waals surface area contributed by atoms with Crippen molar-refractivity contribution in [2.45, 2.75) is 19.8 Å². The summed E-state index contributed by atoms with van der Waals surface area (Å²) in [6.07, 6.45) is 2.01. The van der Waals surface area contributed by atoms with Crippen LogP contribution in [0.4, 0.5) is 11.4 Å². The Bertz CT molecular complexity index is 1010. The molecule has 1 aliphatic rings. The van der Waals surface area contributed by atoms with Crippen molar-refractivity contribution in [3.63, 3.8) is 0 Å². The lowest BCUT2D eigenvalue weighted by molar-refractivity contribution is -0.122. The number of nitrogens with one attached hydrogen (secondary N) is 2. The first kappa shape index (κ1) is 24.5. The number of hydrogen-bond acceptors (Lipinski definition) is 5. The number of anilines is 2. The molecule has 0 radical (unpaired) electrons. The Balaban J connectivity index is 1.69. The van der Waals surface area contributed by atoms with Crippen LogP contribution in [0.25, 0.3) is 0 Å². The van der Waals surface area contributed by atoms with Crippen molar-refractivity contribution in [3.8, 4) is 0 Å². The molecule has 33 heavy (non-hydrogen) atoms. The van der Waals surface area contributed by atoms with Gasteiger partial charge in [-0.25, -0.2) is 4.79 Å². The maximum atomic E-state index is 12.8. The molecule has 8 nitrogen and oxygen atoms in total. The van der Waals surface area contributed by atoms with Crippen molar-refractivity contribution in [3.05, 3.63) is 58.6 Å². The highest BCUT2D eigenvalue weighted by Crippen LogP contribution is 2.29. The third kappa shape index (κ3) is 6.94. The van der Waals surface area contributed by atoms with E-state index in [1.807, 2.05) is 0 Å². The molecule has 1 fully saturated rings. The summed E-state index contributed by atoms with van der Waals surface area (Å²) in [6, 6.07) is 11.3. The summed E-state index contributed by atoms with van der Waals surface area (Å²) in [5.41, 5.74) is 1.63. The van der Waals surface area contributed by atoms with Crippen molar-refractivity contribution < 1.29 is 19.5 Å². The lowest BCUT2D eigenvalue weighted by Gasteiger charge is -2.36. The fourth-order valence-corrected chi connectivity index (χ4v) is 3.87. The summed E-state index contributed by atoms with van der Waals surface area (Å²) >= 11 is 6.00. The molecule has 3 N–H and O–H groups in total. The molecule has 0 unspecified atom stereocenters. The molecule has 176 valence electrons. The number of hydrogen-bond donors (Lipinski definition) is 3. The first-order valence-corrected chi connectivity index (χ1v) is 11.4. The van der Waals surface area contributed by atoms with Gasteiger partial charge in [0.15, 0.2) is 0 Å². The van der Waals surface area contributed by atoms with Gasteiger partial charge in [0.05, 0.1) is 23.5 Å². The molecule has 2 aromatic rings. The largest absolute Gasteiger partial charge is 0.478 e. The molecule has 0 saturated carbocycles. The second kappa shape index (κ2) is 11.7. The highest BCUT2D eigenvalue weighted by molar-refractivity contribution is 6.31. The summed E-state index contributed by atoms with van der Waals surface area (Å²) < 4.78 is 0. The molecule has 0 spiro atoms. The molecule has 0 aromatic heterocycles. The molecule has 1 heterocycles. The Labute approximate surface area is 198 Å². The average Bonchev–Trinajstić information content (AvgIpc) is 2.80. The number of unbranched alkanes of at least 4 members (excludes halogenated alkanes) is 1. The monoisotopic (exact) mass is 472 g/mol. The minimum absolute atomic E-state index is 0.0252. The van der Waals surface area contributed by atoms with Crippen LogP contribution in [0.5, 0.6) is 0 Å². The predicted octanol–water partition coefficient (Wildman–Crippen LogP) is 3.33. The summed E-state index contributed by atoms with van der Waals surface area (Å²) in [5, 5.41) is 15.6. The second-order valence-corrected chi connectivity index (χ2v) is 8.40. The van der Waals surface area contributed by atoms with Gasteiger partial charge in [0.25, 0.3) is 5.91 Å². The Hall–Kier alpha value is -3.10. The van der Waals surface area contributed by atoms with Crippen molar-refractivity contribution in [1.29, 1.82) is 0 Å². The van der Waals surface area contributed by atoms with Crippen LogP contribution in [-0.2, 0) is 4.79 Å². The van der Waals surface area contributed by atoms with Crippen LogP contribution in [0.3, 0.4) is 0 Å². The van der Waals surface area contributed by atoms with E-state index in [1.54, 1.807) is 30.3 Å². The SMILES string of the molecule is CCCCNC(=O)CN1CCN(c2ccc(C(=O)O)cc2NC(=O)c2cccc(Cl)c2)CC1. The van der Waals surface area contributed by atoms with Crippen LogP contribution in [0, 0.1) is 0 Å². The Morgan fingerprint density at radius 3 is 2.45 bits per heavy atom. The van der Waals surface area contributed by atoms with Crippen LogP contribution < -0.4 is 15.5 Å². The van der Waals surface area contributed by atoms with E-state index in [0.29, 0.717) is 55.5 Å². The third-order valence-electron chi connectivity index (χ3n) is 5.51. The van der Waals surface area contributed by atoms with Crippen molar-refractivity contribution >= 4 is 40.8 Å². The fraction of sp³-hybridized carbons (Fsp3) is 0.375. The van der Waals surface area contributed by atoms with E-state index in [9.17, 15) is 19.5 Å². The van der Waals surface area contributed by atoms with E-state index in [0.717, 1.165) is 18.5 Å². The standard InChI is InChI=1S/C24H29ClN4O4/c1-2-3-9-26-22(30)16-28-10-12-29(13-11-28)21-8-7-18(24(32)33)15-20(21)27-23(31)17-5-4-6-19(25)14-17/h4-8,14-15H,2-3,9-13,16H2,1H3,(H,26,30)(H,27,31)(H,32,33). The van der Waals surface area contributed by atoms with Crippen molar-refractivity contribution in [2.75, 3.05) is 49.5 Å². The molecule has 0 bridgehead atoms. The van der Waals surface area contributed by atoms with Crippen LogP contribution in [0.2, 0.25) is 5.02 Å². The van der Waals surface area contributed by atoms with E-state index in [4.69, 9.17) is 11.6 Å². The number of benzene rings is 2. The third-order valence-corrected chi connectivity index (χ3v) is 5.75. The first-order chi connectivity index (χ1) is 15.9. The molecular formula is C24H29ClN4O4. The van der Waals surface area contributed by atoms with E-state index >= 15 is 0 Å². The van der Waals surface area contributed by atoms with Gasteiger partial charge in [0, 0.05) is 43.3 Å².